The first kappa shape index (κ1) is 12.1. The quantitative estimate of drug-likeness (QED) is 0.877. The smallest absolute Gasteiger partial charge is 0.178 e. The van der Waals surface area contributed by atoms with Gasteiger partial charge in [0.2, 0.25) is 0 Å². The van der Waals surface area contributed by atoms with E-state index in [0.717, 1.165) is 18.8 Å². The maximum Gasteiger partial charge on any atom is 0.178 e. The lowest BCUT2D eigenvalue weighted by molar-refractivity contribution is 0.361. The van der Waals surface area contributed by atoms with Crippen molar-refractivity contribution in [3.63, 3.8) is 0 Å². The third kappa shape index (κ3) is 3.07. The van der Waals surface area contributed by atoms with Crippen LogP contribution in [0.25, 0.3) is 0 Å². The van der Waals surface area contributed by atoms with Crippen LogP contribution >= 0.6 is 11.6 Å². The number of nitrogens with zero attached hydrogens (tertiary/aromatic N) is 3. The van der Waals surface area contributed by atoms with Gasteiger partial charge in [0.15, 0.2) is 10.8 Å². The van der Waals surface area contributed by atoms with Gasteiger partial charge < -0.3 is 5.32 Å². The molecule has 1 N–H and O–H groups in total. The third-order valence-electron chi connectivity index (χ3n) is 3.20. The number of aromatic nitrogens is 2. The molecule has 0 spiro atoms. The molecule has 1 aliphatic rings. The van der Waals surface area contributed by atoms with Crippen LogP contribution in [0, 0.1) is 17.2 Å². The van der Waals surface area contributed by atoms with Gasteiger partial charge in [-0.2, -0.15) is 5.26 Å². The maximum atomic E-state index is 8.70. The summed E-state index contributed by atoms with van der Waals surface area (Å²) in [5.41, 5.74) is 0.175. The van der Waals surface area contributed by atoms with Crippen LogP contribution in [0.15, 0.2) is 6.20 Å². The Labute approximate surface area is 106 Å². The lowest BCUT2D eigenvalue weighted by Crippen LogP contribution is -2.25. The molecule has 0 atom stereocenters. The first-order chi connectivity index (χ1) is 8.19. The zero-order chi connectivity index (χ0) is 12.3. The number of hydrogen-bond donors (Lipinski definition) is 1. The highest BCUT2D eigenvalue weighted by Crippen LogP contribution is 2.25. The Morgan fingerprint density at radius 2 is 2.12 bits per heavy atom. The molecule has 1 aromatic rings. The number of rotatable bonds is 2. The topological polar surface area (TPSA) is 61.6 Å². The Kier molecular flexibility index (Phi) is 3.80. The van der Waals surface area contributed by atoms with Crippen molar-refractivity contribution in [1.82, 2.24) is 9.97 Å². The van der Waals surface area contributed by atoms with Crippen LogP contribution < -0.4 is 5.32 Å². The van der Waals surface area contributed by atoms with Gasteiger partial charge in [0.1, 0.15) is 11.9 Å². The van der Waals surface area contributed by atoms with Gasteiger partial charge in [0.05, 0.1) is 6.20 Å². The van der Waals surface area contributed by atoms with Crippen LogP contribution in [0.2, 0.25) is 5.15 Å². The summed E-state index contributed by atoms with van der Waals surface area (Å²) in [6.07, 6.45) is 6.37. The van der Waals surface area contributed by atoms with Gasteiger partial charge in [0.25, 0.3) is 0 Å². The van der Waals surface area contributed by atoms with Crippen molar-refractivity contribution in [3.05, 3.63) is 17.0 Å². The Morgan fingerprint density at radius 3 is 2.71 bits per heavy atom. The molecular formula is C12H15ClN4. The molecule has 4 nitrogen and oxygen atoms in total. The average Bonchev–Trinajstić information content (AvgIpc) is 2.32. The van der Waals surface area contributed by atoms with Crippen molar-refractivity contribution in [2.24, 2.45) is 5.92 Å². The molecular weight excluding hydrogens is 236 g/mol. The van der Waals surface area contributed by atoms with Gasteiger partial charge in [-0.15, -0.1) is 0 Å². The SMILES string of the molecule is CC1CCC(Nc2cnc(C#N)c(Cl)n2)CC1. The van der Waals surface area contributed by atoms with Crippen molar-refractivity contribution in [1.29, 1.82) is 5.26 Å². The molecule has 1 saturated carbocycles. The third-order valence-corrected chi connectivity index (χ3v) is 3.47. The van der Waals surface area contributed by atoms with E-state index in [9.17, 15) is 0 Å². The van der Waals surface area contributed by atoms with E-state index in [0.29, 0.717) is 11.9 Å². The second kappa shape index (κ2) is 5.33. The lowest BCUT2D eigenvalue weighted by Gasteiger charge is -2.27. The van der Waals surface area contributed by atoms with Gasteiger partial charge >= 0.3 is 0 Å². The summed E-state index contributed by atoms with van der Waals surface area (Å²) in [6, 6.07) is 2.35. The Balaban J connectivity index is 2.00. The van der Waals surface area contributed by atoms with Crippen LogP contribution in [0.5, 0.6) is 0 Å². The monoisotopic (exact) mass is 250 g/mol. The Bertz CT molecular complexity index is 433. The van der Waals surface area contributed by atoms with Crippen LogP contribution in [-0.2, 0) is 0 Å². The van der Waals surface area contributed by atoms with Gasteiger partial charge in [-0.3, -0.25) is 0 Å². The zero-order valence-corrected chi connectivity index (χ0v) is 10.5. The zero-order valence-electron chi connectivity index (χ0n) is 9.78. The molecule has 1 aliphatic carbocycles. The molecule has 0 bridgehead atoms. The minimum Gasteiger partial charge on any atom is -0.366 e. The van der Waals surface area contributed by atoms with E-state index >= 15 is 0 Å². The first-order valence-electron chi connectivity index (χ1n) is 5.88. The largest absolute Gasteiger partial charge is 0.366 e. The summed E-state index contributed by atoms with van der Waals surface area (Å²) in [4.78, 5) is 8.09. The molecule has 0 radical (unpaired) electrons. The summed E-state index contributed by atoms with van der Waals surface area (Å²) in [5.74, 6) is 1.48. The van der Waals surface area contributed by atoms with Crippen LogP contribution in [0.4, 0.5) is 5.82 Å². The number of anilines is 1. The fraction of sp³-hybridized carbons (Fsp3) is 0.583. The molecule has 0 amide bonds. The number of nitriles is 1. The van der Waals surface area contributed by atoms with Crippen molar-refractivity contribution in [2.45, 2.75) is 38.6 Å². The van der Waals surface area contributed by atoms with Crippen molar-refractivity contribution < 1.29 is 0 Å². The summed E-state index contributed by atoms with van der Waals surface area (Å²) < 4.78 is 0. The minimum absolute atomic E-state index is 0.168. The van der Waals surface area contributed by atoms with E-state index in [1.54, 1.807) is 6.20 Å². The molecule has 17 heavy (non-hydrogen) atoms. The number of nitrogens with one attached hydrogen (secondary N) is 1. The van der Waals surface area contributed by atoms with E-state index in [4.69, 9.17) is 16.9 Å². The molecule has 1 heterocycles. The summed E-state index contributed by atoms with van der Waals surface area (Å²) in [6.45, 7) is 2.29. The van der Waals surface area contributed by atoms with Crippen molar-refractivity contribution in [3.8, 4) is 6.07 Å². The first-order valence-corrected chi connectivity index (χ1v) is 6.26. The molecule has 0 aromatic carbocycles. The summed E-state index contributed by atoms with van der Waals surface area (Å²) in [7, 11) is 0. The normalized spacial score (nSPS) is 24.1. The number of hydrogen-bond acceptors (Lipinski definition) is 4. The standard InChI is InChI=1S/C12H15ClN4/c1-8-2-4-9(5-3-8)16-11-7-15-10(6-14)12(13)17-11/h7-9H,2-5H2,1H3,(H,16,17). The fourth-order valence-electron chi connectivity index (χ4n) is 2.12. The van der Waals surface area contributed by atoms with Crippen LogP contribution in [0.1, 0.15) is 38.3 Å². The summed E-state index contributed by atoms with van der Waals surface area (Å²) in [5, 5.41) is 12.2. The molecule has 90 valence electrons. The minimum atomic E-state index is 0.168. The molecule has 2 rings (SSSR count). The molecule has 1 aromatic heterocycles. The van der Waals surface area contributed by atoms with Gasteiger partial charge in [-0.25, -0.2) is 9.97 Å². The number of halogens is 1. The van der Waals surface area contributed by atoms with Gasteiger partial charge in [-0.05, 0) is 31.6 Å². The van der Waals surface area contributed by atoms with Crippen molar-refractivity contribution >= 4 is 17.4 Å². The highest BCUT2D eigenvalue weighted by atomic mass is 35.5. The van der Waals surface area contributed by atoms with E-state index in [1.807, 2.05) is 6.07 Å². The highest BCUT2D eigenvalue weighted by molar-refractivity contribution is 6.30. The predicted octanol–water partition coefficient (Wildman–Crippen LogP) is 2.99. The highest BCUT2D eigenvalue weighted by Gasteiger charge is 2.18. The van der Waals surface area contributed by atoms with E-state index in [2.05, 4.69) is 22.2 Å². The fourth-order valence-corrected chi connectivity index (χ4v) is 2.31. The van der Waals surface area contributed by atoms with E-state index in [-0.39, 0.29) is 10.8 Å². The lowest BCUT2D eigenvalue weighted by atomic mass is 9.87. The van der Waals surface area contributed by atoms with E-state index in [1.165, 1.54) is 12.8 Å². The van der Waals surface area contributed by atoms with Crippen molar-refractivity contribution in [2.75, 3.05) is 5.32 Å². The second-order valence-electron chi connectivity index (χ2n) is 4.61. The molecule has 5 heteroatoms. The van der Waals surface area contributed by atoms with E-state index < -0.39 is 0 Å². The average molecular weight is 251 g/mol. The van der Waals surface area contributed by atoms with Gasteiger partial charge in [-0.1, -0.05) is 18.5 Å². The predicted molar refractivity (Wildman–Crippen MR) is 66.8 cm³/mol. The maximum absolute atomic E-state index is 8.70. The summed E-state index contributed by atoms with van der Waals surface area (Å²) >= 11 is 5.83. The molecule has 0 saturated heterocycles. The molecule has 0 unspecified atom stereocenters. The van der Waals surface area contributed by atoms with Gasteiger partial charge in [0, 0.05) is 6.04 Å². The Hall–Kier alpha value is -1.34. The Morgan fingerprint density at radius 1 is 1.41 bits per heavy atom. The van der Waals surface area contributed by atoms with Crippen LogP contribution in [0.3, 0.4) is 0 Å². The second-order valence-corrected chi connectivity index (χ2v) is 4.97. The molecule has 1 fully saturated rings. The molecule has 0 aliphatic heterocycles. The van der Waals surface area contributed by atoms with Crippen LogP contribution in [-0.4, -0.2) is 16.0 Å².